The molecule has 0 heterocycles. The summed E-state index contributed by atoms with van der Waals surface area (Å²) in [7, 11) is 0. The average molecular weight is 202 g/mol. The molecular weight excluding hydrogens is 184 g/mol. The van der Waals surface area contributed by atoms with Gasteiger partial charge in [-0.3, -0.25) is 0 Å². The van der Waals surface area contributed by atoms with E-state index in [-0.39, 0.29) is 0 Å². The fourth-order valence-corrected chi connectivity index (χ4v) is 1.54. The fraction of sp³-hybridized carbons (Fsp3) is 0.429. The molecular formula is C14H18O. The molecule has 1 N–H and O–H groups in total. The molecule has 1 atom stereocenters. The summed E-state index contributed by atoms with van der Waals surface area (Å²) in [6.45, 7) is 5.93. The van der Waals surface area contributed by atoms with Gasteiger partial charge in [-0.15, -0.1) is 12.3 Å². The van der Waals surface area contributed by atoms with Crippen LogP contribution in [0.1, 0.15) is 36.5 Å². The molecule has 0 amide bonds. The maximum atomic E-state index is 10.2. The molecule has 0 saturated carbocycles. The fourth-order valence-electron chi connectivity index (χ4n) is 1.54. The van der Waals surface area contributed by atoms with Gasteiger partial charge in [-0.2, -0.15) is 0 Å². The van der Waals surface area contributed by atoms with E-state index < -0.39 is 5.60 Å². The van der Waals surface area contributed by atoms with Gasteiger partial charge < -0.3 is 5.11 Å². The van der Waals surface area contributed by atoms with Crippen LogP contribution in [0.15, 0.2) is 18.2 Å². The van der Waals surface area contributed by atoms with Gasteiger partial charge in [0.1, 0.15) is 0 Å². The van der Waals surface area contributed by atoms with E-state index in [0.29, 0.717) is 12.8 Å². The molecule has 1 rings (SSSR count). The standard InChI is InChI=1S/C14H18O/c1-5-6-9-14(4,15)13-8-7-11(2)12(3)10-13/h1,7-8,10,15H,6,9H2,2-4H3. The van der Waals surface area contributed by atoms with E-state index in [9.17, 15) is 5.11 Å². The lowest BCUT2D eigenvalue weighted by Gasteiger charge is -2.23. The minimum Gasteiger partial charge on any atom is -0.385 e. The zero-order chi connectivity index (χ0) is 11.5. The van der Waals surface area contributed by atoms with Gasteiger partial charge in [0.25, 0.3) is 0 Å². The number of benzene rings is 1. The molecule has 0 fully saturated rings. The molecule has 0 bridgehead atoms. The second-order valence-electron chi connectivity index (χ2n) is 4.28. The van der Waals surface area contributed by atoms with Gasteiger partial charge >= 0.3 is 0 Å². The van der Waals surface area contributed by atoms with Crippen molar-refractivity contribution < 1.29 is 5.11 Å². The molecule has 0 aromatic heterocycles. The third-order valence-electron chi connectivity index (χ3n) is 2.88. The van der Waals surface area contributed by atoms with Crippen molar-refractivity contribution in [1.29, 1.82) is 0 Å². The molecule has 0 aliphatic heterocycles. The van der Waals surface area contributed by atoms with Crippen LogP contribution in [0.4, 0.5) is 0 Å². The minimum atomic E-state index is -0.815. The SMILES string of the molecule is C#CCCC(C)(O)c1ccc(C)c(C)c1. The summed E-state index contributed by atoms with van der Waals surface area (Å²) in [5.74, 6) is 2.56. The number of hydrogen-bond donors (Lipinski definition) is 1. The van der Waals surface area contributed by atoms with Gasteiger partial charge in [-0.25, -0.2) is 0 Å². The first-order valence-corrected chi connectivity index (χ1v) is 5.21. The molecule has 0 spiro atoms. The molecule has 0 saturated heterocycles. The van der Waals surface area contributed by atoms with E-state index >= 15 is 0 Å². The van der Waals surface area contributed by atoms with Gasteiger partial charge in [0, 0.05) is 6.42 Å². The lowest BCUT2D eigenvalue weighted by molar-refractivity contribution is 0.0493. The van der Waals surface area contributed by atoms with E-state index in [1.165, 1.54) is 11.1 Å². The Balaban J connectivity index is 2.95. The predicted molar refractivity (Wildman–Crippen MR) is 63.6 cm³/mol. The molecule has 15 heavy (non-hydrogen) atoms. The summed E-state index contributed by atoms with van der Waals surface area (Å²) in [6, 6.07) is 6.04. The van der Waals surface area contributed by atoms with Crippen LogP contribution in [0.5, 0.6) is 0 Å². The number of aryl methyl sites for hydroxylation is 2. The molecule has 0 radical (unpaired) electrons. The highest BCUT2D eigenvalue weighted by Crippen LogP contribution is 2.27. The Labute approximate surface area is 92.1 Å². The maximum absolute atomic E-state index is 10.2. The minimum absolute atomic E-state index is 0.597. The monoisotopic (exact) mass is 202 g/mol. The second-order valence-corrected chi connectivity index (χ2v) is 4.28. The van der Waals surface area contributed by atoms with E-state index in [1.54, 1.807) is 0 Å². The Morgan fingerprint density at radius 3 is 2.53 bits per heavy atom. The molecule has 1 nitrogen and oxygen atoms in total. The molecule has 0 aliphatic carbocycles. The summed E-state index contributed by atoms with van der Waals surface area (Å²) in [6.07, 6.45) is 6.41. The number of aliphatic hydroxyl groups is 1. The largest absolute Gasteiger partial charge is 0.385 e. The van der Waals surface area contributed by atoms with Gasteiger partial charge in [0.15, 0.2) is 0 Å². The first-order valence-electron chi connectivity index (χ1n) is 5.21. The van der Waals surface area contributed by atoms with E-state index in [0.717, 1.165) is 5.56 Å². The van der Waals surface area contributed by atoms with Crippen molar-refractivity contribution in [3.05, 3.63) is 34.9 Å². The van der Waals surface area contributed by atoms with Gasteiger partial charge in [-0.05, 0) is 43.9 Å². The van der Waals surface area contributed by atoms with Crippen LogP contribution in [-0.2, 0) is 5.60 Å². The van der Waals surface area contributed by atoms with Crippen molar-refractivity contribution in [2.75, 3.05) is 0 Å². The quantitative estimate of drug-likeness (QED) is 0.747. The topological polar surface area (TPSA) is 20.2 Å². The number of terminal acetylenes is 1. The van der Waals surface area contributed by atoms with Gasteiger partial charge in [0.05, 0.1) is 5.60 Å². The van der Waals surface area contributed by atoms with Crippen molar-refractivity contribution in [3.63, 3.8) is 0 Å². The van der Waals surface area contributed by atoms with E-state index in [4.69, 9.17) is 6.42 Å². The van der Waals surface area contributed by atoms with Crippen LogP contribution in [0.25, 0.3) is 0 Å². The molecule has 80 valence electrons. The zero-order valence-electron chi connectivity index (χ0n) is 9.67. The normalized spacial score (nSPS) is 14.3. The van der Waals surface area contributed by atoms with Crippen LogP contribution in [0, 0.1) is 26.2 Å². The third kappa shape index (κ3) is 2.84. The Morgan fingerprint density at radius 1 is 1.33 bits per heavy atom. The Morgan fingerprint density at radius 2 is 2.00 bits per heavy atom. The van der Waals surface area contributed by atoms with Crippen molar-refractivity contribution in [3.8, 4) is 12.3 Å². The van der Waals surface area contributed by atoms with Gasteiger partial charge in [0.2, 0.25) is 0 Å². The van der Waals surface area contributed by atoms with Crippen molar-refractivity contribution in [1.82, 2.24) is 0 Å². The smallest absolute Gasteiger partial charge is 0.0877 e. The summed E-state index contributed by atoms with van der Waals surface area (Å²) in [4.78, 5) is 0. The lowest BCUT2D eigenvalue weighted by atomic mass is 9.89. The molecule has 1 aromatic carbocycles. The van der Waals surface area contributed by atoms with Crippen LogP contribution in [0.3, 0.4) is 0 Å². The highest BCUT2D eigenvalue weighted by atomic mass is 16.3. The molecule has 0 aliphatic rings. The van der Waals surface area contributed by atoms with E-state index in [1.807, 2.05) is 25.1 Å². The summed E-state index contributed by atoms with van der Waals surface area (Å²) in [5, 5.41) is 10.2. The van der Waals surface area contributed by atoms with Crippen LogP contribution in [-0.4, -0.2) is 5.11 Å². The second kappa shape index (κ2) is 4.51. The Kier molecular flexibility index (Phi) is 3.55. The first kappa shape index (κ1) is 11.8. The van der Waals surface area contributed by atoms with Crippen LogP contribution >= 0.6 is 0 Å². The van der Waals surface area contributed by atoms with Gasteiger partial charge in [-0.1, -0.05) is 18.2 Å². The highest BCUT2D eigenvalue weighted by Gasteiger charge is 2.22. The average Bonchev–Trinajstić information content (AvgIpc) is 2.19. The summed E-state index contributed by atoms with van der Waals surface area (Å²) >= 11 is 0. The number of hydrogen-bond acceptors (Lipinski definition) is 1. The maximum Gasteiger partial charge on any atom is 0.0877 e. The Hall–Kier alpha value is -1.26. The summed E-state index contributed by atoms with van der Waals surface area (Å²) < 4.78 is 0. The third-order valence-corrected chi connectivity index (χ3v) is 2.88. The van der Waals surface area contributed by atoms with Crippen molar-refractivity contribution >= 4 is 0 Å². The van der Waals surface area contributed by atoms with Crippen molar-refractivity contribution in [2.24, 2.45) is 0 Å². The zero-order valence-corrected chi connectivity index (χ0v) is 9.67. The predicted octanol–water partition coefficient (Wildman–Crippen LogP) is 2.92. The molecule has 1 aromatic rings. The molecule has 1 unspecified atom stereocenters. The number of rotatable bonds is 3. The lowest BCUT2D eigenvalue weighted by Crippen LogP contribution is -2.20. The van der Waals surface area contributed by atoms with Crippen LogP contribution in [0.2, 0.25) is 0 Å². The summed E-state index contributed by atoms with van der Waals surface area (Å²) in [5.41, 5.74) is 2.58. The van der Waals surface area contributed by atoms with E-state index in [2.05, 4.69) is 19.8 Å². The highest BCUT2D eigenvalue weighted by molar-refractivity contribution is 5.33. The molecule has 1 heteroatoms. The Bertz CT molecular complexity index is 383. The first-order chi connectivity index (χ1) is 6.97. The van der Waals surface area contributed by atoms with Crippen molar-refractivity contribution in [2.45, 2.75) is 39.2 Å². The van der Waals surface area contributed by atoms with Crippen LogP contribution < -0.4 is 0 Å².